The standard InChI is InChI=1S/C16H25N3O3S/c1-12(2)10-19-23(21,22)15-7-5-13(6-8-15)16(20)18-11-14-4-3-9-17-14/h5-8,12,14,17,19H,3-4,9-11H2,1-2H3,(H,18,20). The highest BCUT2D eigenvalue weighted by Gasteiger charge is 2.17. The summed E-state index contributed by atoms with van der Waals surface area (Å²) in [6, 6.07) is 6.35. The van der Waals surface area contributed by atoms with E-state index in [1.807, 2.05) is 13.8 Å². The Morgan fingerprint density at radius 2 is 2.00 bits per heavy atom. The third-order valence-electron chi connectivity index (χ3n) is 3.78. The molecule has 1 aromatic carbocycles. The van der Waals surface area contributed by atoms with Gasteiger partial charge in [-0.2, -0.15) is 0 Å². The average Bonchev–Trinajstić information content (AvgIpc) is 3.04. The van der Waals surface area contributed by atoms with Crippen LogP contribution in [-0.4, -0.2) is 40.0 Å². The number of carbonyl (C=O) groups is 1. The first-order valence-electron chi connectivity index (χ1n) is 8.00. The van der Waals surface area contributed by atoms with Crippen molar-refractivity contribution in [3.05, 3.63) is 29.8 Å². The average molecular weight is 339 g/mol. The van der Waals surface area contributed by atoms with E-state index in [0.29, 0.717) is 24.7 Å². The molecule has 1 amide bonds. The van der Waals surface area contributed by atoms with Gasteiger partial charge in [-0.1, -0.05) is 13.8 Å². The van der Waals surface area contributed by atoms with Gasteiger partial charge in [0.1, 0.15) is 0 Å². The molecule has 0 aliphatic carbocycles. The molecule has 1 unspecified atom stereocenters. The topological polar surface area (TPSA) is 87.3 Å². The second-order valence-corrected chi connectivity index (χ2v) is 8.04. The van der Waals surface area contributed by atoms with Gasteiger partial charge in [-0.25, -0.2) is 13.1 Å². The molecule has 2 rings (SSSR count). The second kappa shape index (κ2) is 7.90. The fraction of sp³-hybridized carbons (Fsp3) is 0.562. The zero-order valence-electron chi connectivity index (χ0n) is 13.6. The molecule has 1 fully saturated rings. The molecule has 1 aliphatic rings. The van der Waals surface area contributed by atoms with E-state index in [0.717, 1.165) is 19.4 Å². The van der Waals surface area contributed by atoms with Crippen molar-refractivity contribution in [3.63, 3.8) is 0 Å². The van der Waals surface area contributed by atoms with Crippen LogP contribution < -0.4 is 15.4 Å². The van der Waals surface area contributed by atoms with Gasteiger partial charge in [-0.05, 0) is 49.6 Å². The summed E-state index contributed by atoms with van der Waals surface area (Å²) in [6.07, 6.45) is 2.20. The van der Waals surface area contributed by atoms with E-state index < -0.39 is 10.0 Å². The highest BCUT2D eigenvalue weighted by atomic mass is 32.2. The molecule has 0 spiro atoms. The van der Waals surface area contributed by atoms with Crippen molar-refractivity contribution in [3.8, 4) is 0 Å². The van der Waals surface area contributed by atoms with Gasteiger partial charge in [0.2, 0.25) is 10.0 Å². The van der Waals surface area contributed by atoms with E-state index in [2.05, 4.69) is 15.4 Å². The highest BCUT2D eigenvalue weighted by Crippen LogP contribution is 2.11. The van der Waals surface area contributed by atoms with Crippen molar-refractivity contribution in [1.29, 1.82) is 0 Å². The molecular weight excluding hydrogens is 314 g/mol. The van der Waals surface area contributed by atoms with Crippen LogP contribution in [0.25, 0.3) is 0 Å². The number of hydrogen-bond acceptors (Lipinski definition) is 4. The van der Waals surface area contributed by atoms with Crippen molar-refractivity contribution in [2.24, 2.45) is 5.92 Å². The molecule has 1 saturated heterocycles. The molecule has 23 heavy (non-hydrogen) atoms. The summed E-state index contributed by atoms with van der Waals surface area (Å²) in [7, 11) is -3.51. The Bertz CT molecular complexity index is 620. The molecular formula is C16H25N3O3S. The van der Waals surface area contributed by atoms with Crippen LogP contribution in [0.15, 0.2) is 29.2 Å². The maximum absolute atomic E-state index is 12.1. The normalized spacial score (nSPS) is 18.3. The number of hydrogen-bond donors (Lipinski definition) is 3. The zero-order valence-corrected chi connectivity index (χ0v) is 14.4. The van der Waals surface area contributed by atoms with Crippen LogP contribution in [0.3, 0.4) is 0 Å². The Hall–Kier alpha value is -1.44. The monoisotopic (exact) mass is 339 g/mol. The molecule has 6 nitrogen and oxygen atoms in total. The Kier molecular flexibility index (Phi) is 6.15. The first kappa shape index (κ1) is 17.9. The van der Waals surface area contributed by atoms with Crippen molar-refractivity contribution in [2.75, 3.05) is 19.6 Å². The molecule has 0 aromatic heterocycles. The summed E-state index contributed by atoms with van der Waals surface area (Å²) in [5.41, 5.74) is 0.464. The van der Waals surface area contributed by atoms with Crippen LogP contribution in [0.5, 0.6) is 0 Å². The van der Waals surface area contributed by atoms with Crippen LogP contribution in [0.1, 0.15) is 37.0 Å². The Balaban J connectivity index is 1.94. The van der Waals surface area contributed by atoms with Gasteiger partial charge in [0.25, 0.3) is 5.91 Å². The molecule has 0 radical (unpaired) electrons. The predicted octanol–water partition coefficient (Wildman–Crippen LogP) is 1.10. The fourth-order valence-electron chi connectivity index (χ4n) is 2.39. The molecule has 0 bridgehead atoms. The predicted molar refractivity (Wildman–Crippen MR) is 89.8 cm³/mol. The lowest BCUT2D eigenvalue weighted by molar-refractivity contribution is 0.0950. The Morgan fingerprint density at radius 3 is 2.57 bits per heavy atom. The van der Waals surface area contributed by atoms with E-state index in [-0.39, 0.29) is 16.7 Å². The second-order valence-electron chi connectivity index (χ2n) is 6.27. The summed E-state index contributed by atoms with van der Waals surface area (Å²) < 4.78 is 26.7. The van der Waals surface area contributed by atoms with Gasteiger partial charge in [0, 0.05) is 24.7 Å². The number of nitrogens with one attached hydrogen (secondary N) is 3. The molecule has 0 saturated carbocycles. The van der Waals surface area contributed by atoms with Crippen LogP contribution >= 0.6 is 0 Å². The van der Waals surface area contributed by atoms with Crippen molar-refractivity contribution >= 4 is 15.9 Å². The SMILES string of the molecule is CC(C)CNS(=O)(=O)c1ccc(C(=O)NCC2CCCN2)cc1. The quantitative estimate of drug-likeness (QED) is 0.694. The van der Waals surface area contributed by atoms with Crippen molar-refractivity contribution in [2.45, 2.75) is 37.6 Å². The lowest BCUT2D eigenvalue weighted by Crippen LogP contribution is -2.37. The Labute approximate surface area is 138 Å². The lowest BCUT2D eigenvalue weighted by Gasteiger charge is -2.12. The van der Waals surface area contributed by atoms with Crippen LogP contribution in [-0.2, 0) is 10.0 Å². The van der Waals surface area contributed by atoms with Gasteiger partial charge >= 0.3 is 0 Å². The maximum atomic E-state index is 12.1. The molecule has 3 N–H and O–H groups in total. The van der Waals surface area contributed by atoms with Gasteiger partial charge < -0.3 is 10.6 Å². The maximum Gasteiger partial charge on any atom is 0.251 e. The minimum Gasteiger partial charge on any atom is -0.350 e. The van der Waals surface area contributed by atoms with E-state index in [1.54, 1.807) is 12.1 Å². The number of sulfonamides is 1. The minimum atomic E-state index is -3.51. The minimum absolute atomic E-state index is 0.173. The van der Waals surface area contributed by atoms with E-state index in [4.69, 9.17) is 0 Å². The lowest BCUT2D eigenvalue weighted by atomic mass is 10.2. The molecule has 1 aliphatic heterocycles. The zero-order chi connectivity index (χ0) is 16.9. The van der Waals surface area contributed by atoms with Crippen LogP contribution in [0, 0.1) is 5.92 Å². The van der Waals surface area contributed by atoms with Crippen LogP contribution in [0.4, 0.5) is 0 Å². The van der Waals surface area contributed by atoms with E-state index in [9.17, 15) is 13.2 Å². The summed E-state index contributed by atoms with van der Waals surface area (Å²) in [4.78, 5) is 12.2. The largest absolute Gasteiger partial charge is 0.350 e. The van der Waals surface area contributed by atoms with Crippen molar-refractivity contribution in [1.82, 2.24) is 15.4 Å². The molecule has 7 heteroatoms. The number of rotatable bonds is 7. The molecule has 1 atom stereocenters. The summed E-state index contributed by atoms with van der Waals surface area (Å²) in [6.45, 7) is 5.86. The fourth-order valence-corrected chi connectivity index (χ4v) is 3.61. The summed E-state index contributed by atoms with van der Waals surface area (Å²) in [5.74, 6) is 0.0526. The molecule has 128 valence electrons. The van der Waals surface area contributed by atoms with Crippen LogP contribution in [0.2, 0.25) is 0 Å². The Morgan fingerprint density at radius 1 is 1.30 bits per heavy atom. The van der Waals surface area contributed by atoms with Gasteiger partial charge in [0.15, 0.2) is 0 Å². The van der Waals surface area contributed by atoms with E-state index in [1.165, 1.54) is 12.1 Å². The van der Waals surface area contributed by atoms with Gasteiger partial charge in [-0.3, -0.25) is 4.79 Å². The smallest absolute Gasteiger partial charge is 0.251 e. The first-order valence-corrected chi connectivity index (χ1v) is 9.48. The van der Waals surface area contributed by atoms with Gasteiger partial charge in [-0.15, -0.1) is 0 Å². The third-order valence-corrected chi connectivity index (χ3v) is 5.22. The first-order chi connectivity index (χ1) is 10.9. The molecule has 1 heterocycles. The van der Waals surface area contributed by atoms with Crippen molar-refractivity contribution < 1.29 is 13.2 Å². The highest BCUT2D eigenvalue weighted by molar-refractivity contribution is 7.89. The number of carbonyl (C=O) groups excluding carboxylic acids is 1. The third kappa shape index (κ3) is 5.30. The van der Waals surface area contributed by atoms with E-state index >= 15 is 0 Å². The summed E-state index contributed by atoms with van der Waals surface area (Å²) >= 11 is 0. The number of amides is 1. The number of benzene rings is 1. The molecule has 1 aromatic rings. The summed E-state index contributed by atoms with van der Waals surface area (Å²) in [5, 5.41) is 6.19. The van der Waals surface area contributed by atoms with Gasteiger partial charge in [0.05, 0.1) is 4.90 Å².